The van der Waals surface area contributed by atoms with Crippen LogP contribution in [-0.4, -0.2) is 52.2 Å². The van der Waals surface area contributed by atoms with E-state index in [1.165, 1.54) is 29.7 Å². The van der Waals surface area contributed by atoms with E-state index in [1.807, 2.05) is 0 Å². The number of nitrogens with zero attached hydrogens (tertiary/aromatic N) is 3. The van der Waals surface area contributed by atoms with Gasteiger partial charge >= 0.3 is 0 Å². The molecule has 6 heteroatoms. The lowest BCUT2D eigenvalue weighted by molar-refractivity contribution is 0.105. The van der Waals surface area contributed by atoms with Crippen LogP contribution < -0.4 is 5.32 Å². The first-order chi connectivity index (χ1) is 16.0. The minimum Gasteiger partial charge on any atom is -0.380 e. The average molecular weight is 444 g/mol. The van der Waals surface area contributed by atoms with Crippen molar-refractivity contribution in [1.29, 1.82) is 0 Å². The van der Waals surface area contributed by atoms with Crippen LogP contribution >= 0.6 is 0 Å². The van der Waals surface area contributed by atoms with Crippen molar-refractivity contribution in [3.05, 3.63) is 53.5 Å². The van der Waals surface area contributed by atoms with Crippen LogP contribution in [0.2, 0.25) is 0 Å². The number of hydrogen-bond acceptors (Lipinski definition) is 5. The average Bonchev–Trinajstić information content (AvgIpc) is 3.42. The Kier molecular flexibility index (Phi) is 4.26. The third kappa shape index (κ3) is 3.07. The number of hydrogen-bond donors (Lipinski definition) is 2. The summed E-state index contributed by atoms with van der Waals surface area (Å²) in [7, 11) is 0. The molecule has 7 rings (SSSR count). The largest absolute Gasteiger partial charge is 0.380 e. The Labute approximate surface area is 195 Å². The highest BCUT2D eigenvalue weighted by Gasteiger charge is 2.57. The van der Waals surface area contributed by atoms with Gasteiger partial charge in [0.25, 0.3) is 0 Å². The predicted octanol–water partition coefficient (Wildman–Crippen LogP) is 4.66. The number of aromatic nitrogens is 3. The van der Waals surface area contributed by atoms with Gasteiger partial charge in [-0.25, -0.2) is 9.97 Å². The van der Waals surface area contributed by atoms with Gasteiger partial charge in [-0.2, -0.15) is 0 Å². The zero-order chi connectivity index (χ0) is 22.2. The van der Waals surface area contributed by atoms with Crippen LogP contribution in [0.3, 0.4) is 0 Å². The zero-order valence-electron chi connectivity index (χ0n) is 19.6. The Morgan fingerprint density at radius 2 is 1.85 bits per heavy atom. The van der Waals surface area contributed by atoms with Gasteiger partial charge in [-0.15, -0.1) is 0 Å². The van der Waals surface area contributed by atoms with Crippen molar-refractivity contribution in [2.75, 3.05) is 31.6 Å². The number of likely N-dealkylation sites (tertiary alicyclic amines) is 1. The Bertz CT molecular complexity index is 1200. The summed E-state index contributed by atoms with van der Waals surface area (Å²) in [5, 5.41) is 5.04. The molecular weight excluding hydrogens is 410 g/mol. The van der Waals surface area contributed by atoms with E-state index in [1.54, 1.807) is 6.33 Å². The molecule has 2 unspecified atom stereocenters. The fourth-order valence-electron chi connectivity index (χ4n) is 6.66. The molecule has 2 aliphatic carbocycles. The smallest absolute Gasteiger partial charge is 0.143 e. The Morgan fingerprint density at radius 3 is 2.64 bits per heavy atom. The number of aromatic amines is 1. The van der Waals surface area contributed by atoms with Crippen LogP contribution in [0.25, 0.3) is 11.0 Å². The first-order valence-electron chi connectivity index (χ1n) is 12.5. The third-order valence-corrected chi connectivity index (χ3v) is 9.11. The molecule has 0 bridgehead atoms. The molecule has 172 valence electrons. The number of ether oxygens (including phenoxy) is 1. The second-order valence-electron chi connectivity index (χ2n) is 11.4. The van der Waals surface area contributed by atoms with Gasteiger partial charge < -0.3 is 15.0 Å². The van der Waals surface area contributed by atoms with E-state index in [-0.39, 0.29) is 16.9 Å². The Hall–Kier alpha value is -2.44. The number of benzene rings is 1. The molecule has 0 radical (unpaired) electrons. The molecule has 33 heavy (non-hydrogen) atoms. The van der Waals surface area contributed by atoms with Gasteiger partial charge in [0.2, 0.25) is 0 Å². The fraction of sp³-hybridized carbons (Fsp3) is 0.556. The van der Waals surface area contributed by atoms with Crippen molar-refractivity contribution in [1.82, 2.24) is 19.9 Å². The second-order valence-corrected chi connectivity index (χ2v) is 11.4. The quantitative estimate of drug-likeness (QED) is 0.614. The normalized spacial score (nSPS) is 33.9. The number of nitrogens with one attached hydrogen (secondary N) is 2. The summed E-state index contributed by atoms with van der Waals surface area (Å²) in [5.41, 5.74) is 5.60. The van der Waals surface area contributed by atoms with E-state index in [9.17, 15) is 0 Å². The highest BCUT2D eigenvalue weighted by atomic mass is 16.5. The van der Waals surface area contributed by atoms with Crippen LogP contribution in [0.15, 0.2) is 36.7 Å². The molecule has 0 amide bonds. The second kappa shape index (κ2) is 7.03. The van der Waals surface area contributed by atoms with Gasteiger partial charge in [0, 0.05) is 35.7 Å². The molecule has 2 aliphatic heterocycles. The molecule has 1 saturated carbocycles. The van der Waals surface area contributed by atoms with Crippen molar-refractivity contribution >= 4 is 16.9 Å². The molecule has 2 saturated heterocycles. The summed E-state index contributed by atoms with van der Waals surface area (Å²) >= 11 is 0. The molecular formula is C27H33N5O. The summed E-state index contributed by atoms with van der Waals surface area (Å²) < 4.78 is 5.94. The van der Waals surface area contributed by atoms with E-state index in [4.69, 9.17) is 9.72 Å². The van der Waals surface area contributed by atoms with E-state index in [0.717, 1.165) is 56.0 Å². The van der Waals surface area contributed by atoms with Gasteiger partial charge in [0.05, 0.1) is 24.6 Å². The minimum atomic E-state index is 0.208. The van der Waals surface area contributed by atoms with Crippen molar-refractivity contribution in [3.8, 4) is 0 Å². The minimum absolute atomic E-state index is 0.208. The maximum Gasteiger partial charge on any atom is 0.143 e. The summed E-state index contributed by atoms with van der Waals surface area (Å²) in [6.07, 6.45) is 6.54. The lowest BCUT2D eigenvalue weighted by Gasteiger charge is -2.40. The van der Waals surface area contributed by atoms with E-state index in [0.29, 0.717) is 12.0 Å². The summed E-state index contributed by atoms with van der Waals surface area (Å²) in [6.45, 7) is 8.80. The highest BCUT2D eigenvalue weighted by Crippen LogP contribution is 2.52. The van der Waals surface area contributed by atoms with Crippen LogP contribution in [0.4, 0.5) is 5.82 Å². The van der Waals surface area contributed by atoms with Crippen molar-refractivity contribution in [2.45, 2.75) is 57.5 Å². The first kappa shape index (κ1) is 20.0. The molecule has 3 aromatic rings. The van der Waals surface area contributed by atoms with Crippen molar-refractivity contribution < 1.29 is 4.74 Å². The monoisotopic (exact) mass is 443 g/mol. The number of fused-ring (bicyclic) bond motifs is 3. The SMILES string of the molecule is C[C@@]12COC[C@]1(C)CN(C1CCc3ccccc3C1Nc1ncnc3[nH]c(C4CC4)cc13)C2. The Balaban J connectivity index is 1.26. The van der Waals surface area contributed by atoms with Gasteiger partial charge in [0.1, 0.15) is 17.8 Å². The van der Waals surface area contributed by atoms with Gasteiger partial charge in [0.15, 0.2) is 0 Å². The molecule has 4 heterocycles. The molecule has 1 aromatic carbocycles. The van der Waals surface area contributed by atoms with Gasteiger partial charge in [-0.1, -0.05) is 38.1 Å². The molecule has 3 fully saturated rings. The maximum absolute atomic E-state index is 5.94. The Morgan fingerprint density at radius 1 is 1.06 bits per heavy atom. The number of H-pyrrole nitrogens is 1. The molecule has 6 nitrogen and oxygen atoms in total. The summed E-state index contributed by atoms with van der Waals surface area (Å²) in [5.74, 6) is 1.62. The molecule has 2 aromatic heterocycles. The number of rotatable bonds is 4. The van der Waals surface area contributed by atoms with Crippen LogP contribution in [0, 0.1) is 10.8 Å². The molecule has 4 aliphatic rings. The van der Waals surface area contributed by atoms with E-state index in [2.05, 4.69) is 64.4 Å². The van der Waals surface area contributed by atoms with Crippen LogP contribution in [0.5, 0.6) is 0 Å². The molecule has 2 N–H and O–H groups in total. The van der Waals surface area contributed by atoms with Crippen molar-refractivity contribution in [3.63, 3.8) is 0 Å². The lowest BCUT2D eigenvalue weighted by Crippen LogP contribution is -2.45. The standard InChI is InChI=1S/C27H33N5O/c1-26-12-32(13-27(26,2)15-33-14-26)22-10-9-17-5-3-4-6-19(17)23(22)31-25-20-11-21(18-7-8-18)30-24(20)28-16-29-25/h3-6,11,16,18,22-23H,7-10,12-15H2,1-2H3,(H2,28,29,30,31)/t22?,23?,26-,27+. The number of aryl methyl sites for hydroxylation is 1. The fourth-order valence-corrected chi connectivity index (χ4v) is 6.66. The summed E-state index contributed by atoms with van der Waals surface area (Å²) in [6, 6.07) is 11.9. The maximum atomic E-state index is 5.94. The third-order valence-electron chi connectivity index (χ3n) is 9.11. The predicted molar refractivity (Wildman–Crippen MR) is 129 cm³/mol. The zero-order valence-corrected chi connectivity index (χ0v) is 19.6. The van der Waals surface area contributed by atoms with Crippen molar-refractivity contribution in [2.24, 2.45) is 10.8 Å². The molecule has 0 spiro atoms. The van der Waals surface area contributed by atoms with Gasteiger partial charge in [-0.3, -0.25) is 4.90 Å². The first-order valence-corrected chi connectivity index (χ1v) is 12.5. The van der Waals surface area contributed by atoms with Crippen LogP contribution in [0.1, 0.15) is 61.9 Å². The topological polar surface area (TPSA) is 66.1 Å². The highest BCUT2D eigenvalue weighted by molar-refractivity contribution is 5.88. The van der Waals surface area contributed by atoms with Crippen LogP contribution in [-0.2, 0) is 11.2 Å². The lowest BCUT2D eigenvalue weighted by atomic mass is 9.71. The summed E-state index contributed by atoms with van der Waals surface area (Å²) in [4.78, 5) is 15.6. The van der Waals surface area contributed by atoms with E-state index >= 15 is 0 Å². The van der Waals surface area contributed by atoms with Gasteiger partial charge in [-0.05, 0) is 48.8 Å². The molecule has 4 atom stereocenters. The number of anilines is 1. The van der Waals surface area contributed by atoms with E-state index < -0.39 is 0 Å².